The number of hydrogen-bond donors (Lipinski definition) is 0. The van der Waals surface area contributed by atoms with Crippen LogP contribution in [0.4, 0.5) is 0 Å². The van der Waals surface area contributed by atoms with Crippen LogP contribution in [0.15, 0.2) is 120 Å². The van der Waals surface area contributed by atoms with Crippen molar-refractivity contribution in [1.29, 1.82) is 0 Å². The van der Waals surface area contributed by atoms with Gasteiger partial charge in [0.05, 0.1) is 0 Å². The van der Waals surface area contributed by atoms with Crippen molar-refractivity contribution in [3.05, 3.63) is 120 Å². The van der Waals surface area contributed by atoms with E-state index in [0.29, 0.717) is 5.02 Å². The fraction of sp³-hybridized carbons (Fsp3) is 0. The number of rotatable bonds is 2. The Hall–Kier alpha value is -4.07. The van der Waals surface area contributed by atoms with Crippen LogP contribution in [-0.4, -0.2) is 0 Å². The maximum atomic E-state index is 6.67. The first-order chi connectivity index (χ1) is 16.8. The largest absolute Gasteiger partial charge is 0.456 e. The molecule has 1 nitrogen and oxygen atoms in total. The van der Waals surface area contributed by atoms with Crippen molar-refractivity contribution in [2.45, 2.75) is 0 Å². The van der Waals surface area contributed by atoms with Crippen LogP contribution in [0.3, 0.4) is 0 Å². The summed E-state index contributed by atoms with van der Waals surface area (Å²) in [5.41, 5.74) is 6.43. The Kier molecular flexibility index (Phi) is 4.27. The lowest BCUT2D eigenvalue weighted by Crippen LogP contribution is -1.91. The second kappa shape index (κ2) is 7.48. The highest BCUT2D eigenvalue weighted by Gasteiger charge is 2.20. The Bertz CT molecular complexity index is 1800. The smallest absolute Gasteiger partial charge is 0.137 e. The van der Waals surface area contributed by atoms with Crippen LogP contribution < -0.4 is 0 Å². The summed E-state index contributed by atoms with van der Waals surface area (Å²) in [5.74, 6) is 0. The average molecular weight is 455 g/mol. The summed E-state index contributed by atoms with van der Waals surface area (Å²) in [5, 5.41) is 7.73. The SMILES string of the molecule is Clc1cc(-c2c3ccccc3c(-c3ccccc3)c3ccccc23)c2c(c1)oc1ccccc12. The summed E-state index contributed by atoms with van der Waals surface area (Å²) < 4.78 is 6.23. The second-order valence-electron chi connectivity index (χ2n) is 8.63. The first-order valence-electron chi connectivity index (χ1n) is 11.4. The molecule has 160 valence electrons. The lowest BCUT2D eigenvalue weighted by Gasteiger charge is -2.18. The molecule has 7 rings (SSSR count). The van der Waals surface area contributed by atoms with E-state index in [2.05, 4.69) is 97.1 Å². The van der Waals surface area contributed by atoms with Crippen LogP contribution in [0.1, 0.15) is 0 Å². The molecule has 0 aliphatic rings. The van der Waals surface area contributed by atoms with Gasteiger partial charge in [-0.15, -0.1) is 0 Å². The van der Waals surface area contributed by atoms with E-state index >= 15 is 0 Å². The minimum atomic E-state index is 0.668. The Balaban J connectivity index is 1.73. The van der Waals surface area contributed by atoms with Gasteiger partial charge in [0, 0.05) is 21.9 Å². The first-order valence-corrected chi connectivity index (χ1v) is 11.8. The monoisotopic (exact) mass is 454 g/mol. The van der Waals surface area contributed by atoms with Gasteiger partial charge in [-0.2, -0.15) is 0 Å². The van der Waals surface area contributed by atoms with Crippen LogP contribution >= 0.6 is 11.6 Å². The van der Waals surface area contributed by atoms with Crippen molar-refractivity contribution in [2.24, 2.45) is 0 Å². The van der Waals surface area contributed by atoms with E-state index in [0.717, 1.165) is 27.5 Å². The molecular formula is C32H19ClO. The van der Waals surface area contributed by atoms with Crippen molar-refractivity contribution in [3.63, 3.8) is 0 Å². The van der Waals surface area contributed by atoms with Crippen LogP contribution in [0, 0.1) is 0 Å². The molecular weight excluding hydrogens is 436 g/mol. The zero-order valence-electron chi connectivity index (χ0n) is 18.3. The standard InChI is InChI=1S/C32H19ClO/c33-21-18-27(32-26-16-8-9-17-28(26)34-29(32)19-21)31-24-14-6-4-12-22(24)30(20-10-2-1-3-11-20)23-13-5-7-15-25(23)31/h1-19H. The van der Waals surface area contributed by atoms with Crippen LogP contribution in [0.25, 0.3) is 65.7 Å². The number of hydrogen-bond acceptors (Lipinski definition) is 1. The van der Waals surface area contributed by atoms with E-state index in [1.165, 1.54) is 38.2 Å². The molecule has 2 heteroatoms. The summed E-state index contributed by atoms with van der Waals surface area (Å²) >= 11 is 6.67. The molecule has 0 saturated carbocycles. The maximum Gasteiger partial charge on any atom is 0.137 e. The molecule has 0 N–H and O–H groups in total. The molecule has 0 bridgehead atoms. The lowest BCUT2D eigenvalue weighted by atomic mass is 9.85. The highest BCUT2D eigenvalue weighted by Crippen LogP contribution is 2.47. The lowest BCUT2D eigenvalue weighted by molar-refractivity contribution is 0.669. The fourth-order valence-corrected chi connectivity index (χ4v) is 5.56. The third-order valence-electron chi connectivity index (χ3n) is 6.71. The van der Waals surface area contributed by atoms with Gasteiger partial charge in [-0.05, 0) is 55.9 Å². The van der Waals surface area contributed by atoms with Crippen molar-refractivity contribution < 1.29 is 4.42 Å². The molecule has 0 spiro atoms. The predicted octanol–water partition coefficient (Wildman–Crippen LogP) is 9.88. The van der Waals surface area contributed by atoms with Crippen LogP contribution in [0.5, 0.6) is 0 Å². The number of benzene rings is 6. The van der Waals surface area contributed by atoms with Crippen molar-refractivity contribution in [1.82, 2.24) is 0 Å². The minimum Gasteiger partial charge on any atom is -0.456 e. The van der Waals surface area contributed by atoms with Crippen molar-refractivity contribution >= 4 is 55.1 Å². The summed E-state index contributed by atoms with van der Waals surface area (Å²) in [6, 6.07) is 40.2. The Morgan fingerprint density at radius 3 is 1.65 bits per heavy atom. The molecule has 0 amide bonds. The van der Waals surface area contributed by atoms with Gasteiger partial charge in [-0.1, -0.05) is 109 Å². The van der Waals surface area contributed by atoms with E-state index in [-0.39, 0.29) is 0 Å². The fourth-order valence-electron chi connectivity index (χ4n) is 5.35. The quantitative estimate of drug-likeness (QED) is 0.237. The maximum absolute atomic E-state index is 6.67. The average Bonchev–Trinajstić information content (AvgIpc) is 3.25. The van der Waals surface area contributed by atoms with Gasteiger partial charge < -0.3 is 4.42 Å². The molecule has 7 aromatic rings. The molecule has 0 fully saturated rings. The molecule has 34 heavy (non-hydrogen) atoms. The summed E-state index contributed by atoms with van der Waals surface area (Å²) in [6.45, 7) is 0. The predicted molar refractivity (Wildman–Crippen MR) is 145 cm³/mol. The van der Waals surface area contributed by atoms with Gasteiger partial charge in [0.2, 0.25) is 0 Å². The van der Waals surface area contributed by atoms with E-state index < -0.39 is 0 Å². The van der Waals surface area contributed by atoms with Crippen LogP contribution in [0.2, 0.25) is 5.02 Å². The highest BCUT2D eigenvalue weighted by molar-refractivity contribution is 6.33. The first kappa shape index (κ1) is 19.4. The Morgan fingerprint density at radius 1 is 0.471 bits per heavy atom. The molecule has 1 aromatic heterocycles. The molecule has 0 atom stereocenters. The molecule has 0 saturated heterocycles. The van der Waals surface area contributed by atoms with Crippen LogP contribution in [-0.2, 0) is 0 Å². The normalized spacial score (nSPS) is 11.7. The van der Waals surface area contributed by atoms with Gasteiger partial charge in [-0.25, -0.2) is 0 Å². The van der Waals surface area contributed by atoms with E-state index in [1.54, 1.807) is 0 Å². The van der Waals surface area contributed by atoms with Crippen molar-refractivity contribution in [2.75, 3.05) is 0 Å². The summed E-state index contributed by atoms with van der Waals surface area (Å²) in [6.07, 6.45) is 0. The third kappa shape index (κ3) is 2.81. The van der Waals surface area contributed by atoms with E-state index in [9.17, 15) is 0 Å². The van der Waals surface area contributed by atoms with Gasteiger partial charge >= 0.3 is 0 Å². The summed E-state index contributed by atoms with van der Waals surface area (Å²) in [7, 11) is 0. The second-order valence-corrected chi connectivity index (χ2v) is 9.07. The van der Waals surface area contributed by atoms with E-state index in [4.69, 9.17) is 16.0 Å². The zero-order chi connectivity index (χ0) is 22.6. The van der Waals surface area contributed by atoms with Gasteiger partial charge in [0.25, 0.3) is 0 Å². The zero-order valence-corrected chi connectivity index (χ0v) is 19.0. The topological polar surface area (TPSA) is 13.1 Å². The van der Waals surface area contributed by atoms with Gasteiger partial charge in [0.1, 0.15) is 11.2 Å². The number of halogens is 1. The number of furan rings is 1. The van der Waals surface area contributed by atoms with Gasteiger partial charge in [0.15, 0.2) is 0 Å². The van der Waals surface area contributed by atoms with Crippen molar-refractivity contribution in [3.8, 4) is 22.3 Å². The molecule has 0 aliphatic heterocycles. The Morgan fingerprint density at radius 2 is 1.00 bits per heavy atom. The molecule has 1 heterocycles. The Labute approximate surface area is 201 Å². The number of fused-ring (bicyclic) bond motifs is 5. The van der Waals surface area contributed by atoms with Gasteiger partial charge in [-0.3, -0.25) is 0 Å². The highest BCUT2D eigenvalue weighted by atomic mass is 35.5. The van der Waals surface area contributed by atoms with E-state index in [1.807, 2.05) is 18.2 Å². The third-order valence-corrected chi connectivity index (χ3v) is 6.92. The summed E-state index contributed by atoms with van der Waals surface area (Å²) in [4.78, 5) is 0. The molecule has 0 unspecified atom stereocenters. The molecule has 0 radical (unpaired) electrons. The number of para-hydroxylation sites is 1. The minimum absolute atomic E-state index is 0.668. The molecule has 0 aliphatic carbocycles. The molecule has 6 aromatic carbocycles.